The molecule has 3 heteroatoms. The summed E-state index contributed by atoms with van der Waals surface area (Å²) in [6.45, 7) is 7.39. The molecular formula is C17H27NOS. The molecule has 1 aliphatic carbocycles. The van der Waals surface area contributed by atoms with Crippen molar-refractivity contribution >= 4 is 10.8 Å². The van der Waals surface area contributed by atoms with Crippen molar-refractivity contribution in [3.05, 3.63) is 34.9 Å². The van der Waals surface area contributed by atoms with Crippen molar-refractivity contribution in [1.82, 2.24) is 5.32 Å². The molecule has 1 aromatic carbocycles. The third-order valence-electron chi connectivity index (χ3n) is 4.08. The van der Waals surface area contributed by atoms with Crippen LogP contribution in [0.1, 0.15) is 49.3 Å². The lowest BCUT2D eigenvalue weighted by Crippen LogP contribution is -2.37. The van der Waals surface area contributed by atoms with Crippen molar-refractivity contribution in [3.8, 4) is 0 Å². The van der Waals surface area contributed by atoms with E-state index in [4.69, 9.17) is 0 Å². The lowest BCUT2D eigenvalue weighted by Gasteiger charge is -2.29. The average molecular weight is 293 g/mol. The molecule has 0 aliphatic heterocycles. The van der Waals surface area contributed by atoms with Gasteiger partial charge in [-0.3, -0.25) is 4.21 Å². The van der Waals surface area contributed by atoms with Gasteiger partial charge in [-0.1, -0.05) is 42.7 Å². The van der Waals surface area contributed by atoms with Gasteiger partial charge in [-0.15, -0.1) is 0 Å². The molecule has 3 unspecified atom stereocenters. The molecule has 1 N–H and O–H groups in total. The van der Waals surface area contributed by atoms with Crippen LogP contribution in [0.3, 0.4) is 0 Å². The topological polar surface area (TPSA) is 29.1 Å². The Morgan fingerprint density at radius 1 is 1.20 bits per heavy atom. The molecule has 2 nitrogen and oxygen atoms in total. The van der Waals surface area contributed by atoms with Gasteiger partial charge in [0.05, 0.1) is 0 Å². The van der Waals surface area contributed by atoms with E-state index in [1.807, 2.05) is 0 Å². The van der Waals surface area contributed by atoms with Gasteiger partial charge in [-0.05, 0) is 45.2 Å². The van der Waals surface area contributed by atoms with E-state index in [9.17, 15) is 4.21 Å². The Kier molecular flexibility index (Phi) is 5.79. The van der Waals surface area contributed by atoms with Crippen LogP contribution in [-0.2, 0) is 16.6 Å². The van der Waals surface area contributed by atoms with Crippen LogP contribution in [0.15, 0.2) is 18.2 Å². The van der Waals surface area contributed by atoms with E-state index in [1.54, 1.807) is 0 Å². The minimum atomic E-state index is -0.738. The van der Waals surface area contributed by atoms with Gasteiger partial charge in [0.15, 0.2) is 0 Å². The quantitative estimate of drug-likeness (QED) is 0.900. The Morgan fingerprint density at radius 3 is 2.55 bits per heavy atom. The molecule has 1 aromatic rings. The summed E-state index contributed by atoms with van der Waals surface area (Å²) in [5, 5.41) is 3.89. The second kappa shape index (κ2) is 7.37. The van der Waals surface area contributed by atoms with Crippen LogP contribution in [0.4, 0.5) is 0 Å². The summed E-state index contributed by atoms with van der Waals surface area (Å²) in [6.07, 6.45) is 4.65. The fraction of sp³-hybridized carbons (Fsp3) is 0.647. The highest BCUT2D eigenvalue weighted by molar-refractivity contribution is 7.84. The van der Waals surface area contributed by atoms with E-state index in [1.165, 1.54) is 29.5 Å². The van der Waals surface area contributed by atoms with Gasteiger partial charge in [0, 0.05) is 27.8 Å². The summed E-state index contributed by atoms with van der Waals surface area (Å²) in [5.74, 6) is 0.714. The predicted octanol–water partition coefficient (Wildman–Crippen LogP) is 3.47. The first-order chi connectivity index (χ1) is 9.58. The molecule has 1 aliphatic rings. The number of aryl methyl sites for hydroxylation is 2. The highest BCUT2D eigenvalue weighted by Gasteiger charge is 2.25. The maximum Gasteiger partial charge on any atom is 0.0488 e. The molecule has 0 spiro atoms. The molecule has 1 saturated carbocycles. The monoisotopic (exact) mass is 293 g/mol. The molecule has 0 saturated heterocycles. The van der Waals surface area contributed by atoms with Gasteiger partial charge in [0.1, 0.15) is 0 Å². The van der Waals surface area contributed by atoms with E-state index in [0.29, 0.717) is 17.0 Å². The number of rotatable bonds is 5. The van der Waals surface area contributed by atoms with E-state index in [0.717, 1.165) is 19.4 Å². The molecule has 0 bridgehead atoms. The van der Waals surface area contributed by atoms with Gasteiger partial charge >= 0.3 is 0 Å². The van der Waals surface area contributed by atoms with Gasteiger partial charge in [0.25, 0.3) is 0 Å². The summed E-state index contributed by atoms with van der Waals surface area (Å²) in [4.78, 5) is 0. The Bertz CT molecular complexity index is 450. The Balaban J connectivity index is 1.97. The Morgan fingerprint density at radius 2 is 1.90 bits per heavy atom. The van der Waals surface area contributed by atoms with Crippen LogP contribution < -0.4 is 5.32 Å². The van der Waals surface area contributed by atoms with Crippen molar-refractivity contribution in [2.75, 3.05) is 6.54 Å². The van der Waals surface area contributed by atoms with Crippen molar-refractivity contribution in [2.24, 2.45) is 0 Å². The van der Waals surface area contributed by atoms with Crippen LogP contribution in [0, 0.1) is 13.8 Å². The average Bonchev–Trinajstić information content (AvgIpc) is 2.38. The largest absolute Gasteiger partial charge is 0.314 e. The van der Waals surface area contributed by atoms with Crippen LogP contribution in [-0.4, -0.2) is 22.0 Å². The van der Waals surface area contributed by atoms with Crippen molar-refractivity contribution in [1.29, 1.82) is 0 Å². The molecule has 112 valence electrons. The summed E-state index contributed by atoms with van der Waals surface area (Å²) < 4.78 is 12.6. The molecule has 3 atom stereocenters. The zero-order valence-electron chi connectivity index (χ0n) is 12.9. The van der Waals surface area contributed by atoms with Gasteiger partial charge in [-0.2, -0.15) is 0 Å². The molecule has 2 rings (SSSR count). The fourth-order valence-corrected chi connectivity index (χ4v) is 4.90. The minimum absolute atomic E-state index is 0.369. The lowest BCUT2D eigenvalue weighted by atomic mass is 9.95. The molecule has 0 radical (unpaired) electrons. The molecule has 0 aromatic heterocycles. The van der Waals surface area contributed by atoms with Crippen molar-refractivity contribution in [2.45, 2.75) is 63.5 Å². The highest BCUT2D eigenvalue weighted by Crippen LogP contribution is 2.25. The normalized spacial score (nSPS) is 24.6. The van der Waals surface area contributed by atoms with Gasteiger partial charge < -0.3 is 5.32 Å². The molecule has 0 amide bonds. The molecule has 0 heterocycles. The third-order valence-corrected chi connectivity index (χ3v) is 5.87. The smallest absolute Gasteiger partial charge is 0.0488 e. The fourth-order valence-electron chi connectivity index (χ4n) is 3.29. The Labute approximate surface area is 125 Å². The maximum absolute atomic E-state index is 12.6. The zero-order chi connectivity index (χ0) is 14.5. The summed E-state index contributed by atoms with van der Waals surface area (Å²) in [5.41, 5.74) is 3.77. The van der Waals surface area contributed by atoms with E-state index in [2.05, 4.69) is 44.3 Å². The second-order valence-corrected chi connectivity index (χ2v) is 7.78. The Hall–Kier alpha value is -0.670. The number of hydrogen-bond acceptors (Lipinski definition) is 2. The summed E-state index contributed by atoms with van der Waals surface area (Å²) in [7, 11) is -0.738. The standard InChI is InChI=1S/C17H27NOS/c1-4-18-16-6-5-7-17(11-16)20(19)12-15-9-13(2)8-14(3)10-15/h8-10,16-18H,4-7,11-12H2,1-3H3. The minimum Gasteiger partial charge on any atom is -0.314 e. The SMILES string of the molecule is CCNC1CCCC(S(=O)Cc2cc(C)cc(C)c2)C1. The molecule has 1 fully saturated rings. The molecule has 20 heavy (non-hydrogen) atoms. The van der Waals surface area contributed by atoms with E-state index in [-0.39, 0.29) is 0 Å². The highest BCUT2D eigenvalue weighted by atomic mass is 32.2. The van der Waals surface area contributed by atoms with Crippen LogP contribution in [0.2, 0.25) is 0 Å². The van der Waals surface area contributed by atoms with E-state index >= 15 is 0 Å². The number of benzene rings is 1. The third kappa shape index (κ3) is 4.42. The first kappa shape index (κ1) is 15.7. The first-order valence-electron chi connectivity index (χ1n) is 7.76. The molecular weight excluding hydrogens is 266 g/mol. The van der Waals surface area contributed by atoms with Gasteiger partial charge in [-0.25, -0.2) is 0 Å². The maximum atomic E-state index is 12.6. The first-order valence-corrected chi connectivity index (χ1v) is 9.14. The van der Waals surface area contributed by atoms with Crippen LogP contribution in [0.5, 0.6) is 0 Å². The predicted molar refractivity (Wildman–Crippen MR) is 87.5 cm³/mol. The summed E-state index contributed by atoms with van der Waals surface area (Å²) >= 11 is 0. The van der Waals surface area contributed by atoms with Crippen molar-refractivity contribution in [3.63, 3.8) is 0 Å². The van der Waals surface area contributed by atoms with Crippen LogP contribution in [0.25, 0.3) is 0 Å². The zero-order valence-corrected chi connectivity index (χ0v) is 13.8. The van der Waals surface area contributed by atoms with E-state index < -0.39 is 10.8 Å². The van der Waals surface area contributed by atoms with Crippen molar-refractivity contribution < 1.29 is 4.21 Å². The number of nitrogens with one attached hydrogen (secondary N) is 1. The number of hydrogen-bond donors (Lipinski definition) is 1. The lowest BCUT2D eigenvalue weighted by molar-refractivity contribution is 0.383. The summed E-state index contributed by atoms with van der Waals surface area (Å²) in [6, 6.07) is 7.10. The van der Waals surface area contributed by atoms with Crippen LogP contribution >= 0.6 is 0 Å². The van der Waals surface area contributed by atoms with Gasteiger partial charge in [0.2, 0.25) is 0 Å². The second-order valence-electron chi connectivity index (χ2n) is 6.06.